The number of aromatic nitrogens is 1. The molecule has 5 rings (SSSR count). The van der Waals surface area contributed by atoms with E-state index in [4.69, 9.17) is 16.6 Å². The van der Waals surface area contributed by atoms with Gasteiger partial charge >= 0.3 is 0 Å². The monoisotopic (exact) mass is 507 g/mol. The summed E-state index contributed by atoms with van der Waals surface area (Å²) in [5.74, 6) is 0.788. The van der Waals surface area contributed by atoms with Gasteiger partial charge in [-0.05, 0) is 79.3 Å². The molecule has 0 spiro atoms. The number of thiocarbonyl (C=S) groups is 1. The number of furan rings is 1. The molecule has 0 radical (unpaired) electrons. The molecule has 2 aromatic heterocycles. The van der Waals surface area contributed by atoms with Gasteiger partial charge in [-0.1, -0.05) is 34.1 Å². The maximum atomic E-state index is 14.6. The fourth-order valence-corrected chi connectivity index (χ4v) is 4.72. The van der Waals surface area contributed by atoms with E-state index in [9.17, 15) is 4.39 Å². The molecule has 0 bridgehead atoms. The quantitative estimate of drug-likeness (QED) is 0.310. The molecule has 3 heterocycles. The molecule has 4 aromatic rings. The van der Waals surface area contributed by atoms with Crippen LogP contribution in [0.2, 0.25) is 0 Å². The molecule has 2 aromatic carbocycles. The molecule has 1 saturated heterocycles. The van der Waals surface area contributed by atoms with Crippen LogP contribution in [0.4, 0.5) is 10.1 Å². The zero-order chi connectivity index (χ0) is 22.2. The Morgan fingerprint density at radius 1 is 1.06 bits per heavy atom. The van der Waals surface area contributed by atoms with Gasteiger partial charge in [-0.15, -0.1) is 0 Å². The third-order valence-corrected chi connectivity index (χ3v) is 6.30. The fraction of sp³-hybridized carbons (Fsp3) is 0.120. The lowest BCUT2D eigenvalue weighted by Gasteiger charge is -2.26. The number of pyridine rings is 1. The maximum absolute atomic E-state index is 14.6. The summed E-state index contributed by atoms with van der Waals surface area (Å²) in [6.07, 6.45) is 1.76. The predicted octanol–water partition coefficient (Wildman–Crippen LogP) is 6.73. The second-order valence-electron chi connectivity index (χ2n) is 7.66. The molecular formula is C25H19BrFN3OS. The third-order valence-electron chi connectivity index (χ3n) is 5.49. The van der Waals surface area contributed by atoms with Crippen molar-refractivity contribution in [2.24, 2.45) is 0 Å². The van der Waals surface area contributed by atoms with Crippen molar-refractivity contribution in [3.05, 3.63) is 106 Å². The van der Waals surface area contributed by atoms with E-state index in [1.165, 1.54) is 6.07 Å². The summed E-state index contributed by atoms with van der Waals surface area (Å²) in [4.78, 5) is 6.59. The maximum Gasteiger partial charge on any atom is 0.174 e. The molecular weight excluding hydrogens is 489 g/mol. The van der Waals surface area contributed by atoms with Crippen molar-refractivity contribution in [1.82, 2.24) is 10.3 Å². The first-order chi connectivity index (χ1) is 15.5. The van der Waals surface area contributed by atoms with Gasteiger partial charge in [0.1, 0.15) is 23.4 Å². The summed E-state index contributed by atoms with van der Waals surface area (Å²) in [7, 11) is 0. The first-order valence-corrected chi connectivity index (χ1v) is 11.3. The average Bonchev–Trinajstić information content (AvgIpc) is 3.39. The lowest BCUT2D eigenvalue weighted by Crippen LogP contribution is -2.29. The number of rotatable bonds is 4. The van der Waals surface area contributed by atoms with Crippen LogP contribution in [0, 0.1) is 12.7 Å². The first-order valence-electron chi connectivity index (χ1n) is 10.1. The SMILES string of the molecule is Cc1cccc(N2C(=S)N[C@@H](c3ccccn3)[C@@H]2c2ccc(-c3ccc(Br)cc3F)o2)c1. The molecule has 4 nitrogen and oxygen atoms in total. The van der Waals surface area contributed by atoms with E-state index in [2.05, 4.69) is 32.3 Å². The zero-order valence-corrected chi connectivity index (χ0v) is 19.5. The molecule has 1 N–H and O–H groups in total. The molecule has 1 aliphatic heterocycles. The molecule has 1 aliphatic rings. The zero-order valence-electron chi connectivity index (χ0n) is 17.1. The summed E-state index contributed by atoms with van der Waals surface area (Å²) >= 11 is 9.04. The van der Waals surface area contributed by atoms with Crippen molar-refractivity contribution in [2.75, 3.05) is 4.90 Å². The number of hydrogen-bond acceptors (Lipinski definition) is 3. The Morgan fingerprint density at radius 2 is 1.94 bits per heavy atom. The molecule has 2 atom stereocenters. The Hall–Kier alpha value is -3.03. The number of benzene rings is 2. The molecule has 0 unspecified atom stereocenters. The fourth-order valence-electron chi connectivity index (χ4n) is 4.05. The number of anilines is 1. The van der Waals surface area contributed by atoms with Gasteiger partial charge < -0.3 is 14.6 Å². The Labute approximate surface area is 199 Å². The summed E-state index contributed by atoms with van der Waals surface area (Å²) in [5.41, 5.74) is 3.34. The number of halogens is 2. The second kappa shape index (κ2) is 8.48. The first kappa shape index (κ1) is 20.8. The Morgan fingerprint density at radius 3 is 2.69 bits per heavy atom. The van der Waals surface area contributed by atoms with Crippen molar-refractivity contribution >= 4 is 38.9 Å². The van der Waals surface area contributed by atoms with Gasteiger partial charge in [0.25, 0.3) is 0 Å². The minimum Gasteiger partial charge on any atom is -0.459 e. The van der Waals surface area contributed by atoms with Gasteiger partial charge in [0.2, 0.25) is 0 Å². The van der Waals surface area contributed by atoms with Crippen molar-refractivity contribution in [2.45, 2.75) is 19.0 Å². The number of nitrogens with one attached hydrogen (secondary N) is 1. The Balaban J connectivity index is 1.61. The predicted molar refractivity (Wildman–Crippen MR) is 131 cm³/mol. The highest BCUT2D eigenvalue weighted by atomic mass is 79.9. The minimum atomic E-state index is -0.350. The van der Waals surface area contributed by atoms with Crippen molar-refractivity contribution < 1.29 is 8.81 Å². The molecule has 160 valence electrons. The van der Waals surface area contributed by atoms with E-state index < -0.39 is 0 Å². The van der Waals surface area contributed by atoms with Gasteiger partial charge in [-0.3, -0.25) is 4.98 Å². The Kier molecular flexibility index (Phi) is 5.53. The van der Waals surface area contributed by atoms with Crippen LogP contribution in [0.1, 0.15) is 29.1 Å². The van der Waals surface area contributed by atoms with Gasteiger partial charge in [-0.2, -0.15) is 0 Å². The van der Waals surface area contributed by atoms with Crippen LogP contribution in [0.25, 0.3) is 11.3 Å². The van der Waals surface area contributed by atoms with Gasteiger partial charge in [0.15, 0.2) is 5.11 Å². The van der Waals surface area contributed by atoms with E-state index in [1.807, 2.05) is 54.3 Å². The van der Waals surface area contributed by atoms with E-state index >= 15 is 0 Å². The molecule has 0 amide bonds. The van der Waals surface area contributed by atoms with E-state index in [-0.39, 0.29) is 17.9 Å². The topological polar surface area (TPSA) is 41.3 Å². The Bertz CT molecular complexity index is 1290. The van der Waals surface area contributed by atoms with Gasteiger partial charge in [0, 0.05) is 16.4 Å². The van der Waals surface area contributed by atoms with Crippen LogP contribution in [0.5, 0.6) is 0 Å². The highest BCUT2D eigenvalue weighted by Gasteiger charge is 2.42. The summed E-state index contributed by atoms with van der Waals surface area (Å²) in [6.45, 7) is 2.04. The molecule has 32 heavy (non-hydrogen) atoms. The third kappa shape index (κ3) is 3.82. The van der Waals surface area contributed by atoms with E-state index in [0.29, 0.717) is 26.7 Å². The second-order valence-corrected chi connectivity index (χ2v) is 8.96. The minimum absolute atomic E-state index is 0.224. The van der Waals surface area contributed by atoms with Crippen LogP contribution >= 0.6 is 28.1 Å². The largest absolute Gasteiger partial charge is 0.459 e. The van der Waals surface area contributed by atoms with E-state index in [0.717, 1.165) is 16.9 Å². The van der Waals surface area contributed by atoms with Crippen LogP contribution < -0.4 is 10.2 Å². The number of aryl methyl sites for hydroxylation is 1. The summed E-state index contributed by atoms with van der Waals surface area (Å²) < 4.78 is 21.5. The number of nitrogens with zero attached hydrogens (tertiary/aromatic N) is 2. The average molecular weight is 508 g/mol. The highest BCUT2D eigenvalue weighted by molar-refractivity contribution is 9.10. The van der Waals surface area contributed by atoms with Crippen molar-refractivity contribution in [1.29, 1.82) is 0 Å². The van der Waals surface area contributed by atoms with Crippen molar-refractivity contribution in [3.8, 4) is 11.3 Å². The van der Waals surface area contributed by atoms with Gasteiger partial charge in [-0.25, -0.2) is 4.39 Å². The summed E-state index contributed by atoms with van der Waals surface area (Å²) in [6, 6.07) is 22.0. The van der Waals surface area contributed by atoms with Crippen molar-refractivity contribution in [3.63, 3.8) is 0 Å². The molecule has 0 aliphatic carbocycles. The van der Waals surface area contributed by atoms with Crippen LogP contribution in [-0.4, -0.2) is 10.1 Å². The van der Waals surface area contributed by atoms with E-state index in [1.54, 1.807) is 24.4 Å². The lowest BCUT2D eigenvalue weighted by molar-refractivity contribution is 0.438. The van der Waals surface area contributed by atoms with Crippen LogP contribution in [-0.2, 0) is 0 Å². The highest BCUT2D eigenvalue weighted by Crippen LogP contribution is 2.43. The van der Waals surface area contributed by atoms with Crippen LogP contribution in [0.15, 0.2) is 87.9 Å². The lowest BCUT2D eigenvalue weighted by atomic mass is 10.0. The smallest absolute Gasteiger partial charge is 0.174 e. The van der Waals surface area contributed by atoms with Crippen LogP contribution in [0.3, 0.4) is 0 Å². The molecule has 7 heteroatoms. The molecule has 1 fully saturated rings. The number of hydrogen-bond donors (Lipinski definition) is 1. The standard InChI is InChI=1S/C25H19BrFN3OS/c1-15-5-4-6-17(13-15)30-24(23(29-25(30)32)20-7-2-3-12-28-20)22-11-10-21(31-22)18-9-8-16(26)14-19(18)27/h2-14,23-24H,1H3,(H,29,32)/t23-,24-/m0/s1. The van der Waals surface area contributed by atoms with Gasteiger partial charge in [0.05, 0.1) is 17.3 Å². The summed E-state index contributed by atoms with van der Waals surface area (Å²) in [5, 5.41) is 4.00. The normalized spacial score (nSPS) is 18.1. The molecule has 0 saturated carbocycles.